The Hall–Kier alpha value is -2.77. The number of aryl methyl sites for hydroxylation is 1. The summed E-state index contributed by atoms with van der Waals surface area (Å²) in [6, 6.07) is 10.1. The van der Waals surface area contributed by atoms with Crippen LogP contribution in [0.3, 0.4) is 0 Å². The molecule has 0 atom stereocenters. The highest BCUT2D eigenvalue weighted by molar-refractivity contribution is 14.1. The van der Waals surface area contributed by atoms with Crippen LogP contribution < -0.4 is 14.8 Å². The average Bonchev–Trinajstić information content (AvgIpc) is 2.67. The molecule has 9 heteroatoms. The average molecular weight is 527 g/mol. The van der Waals surface area contributed by atoms with E-state index in [0.29, 0.717) is 19.8 Å². The molecule has 150 valence electrons. The van der Waals surface area contributed by atoms with Gasteiger partial charge in [-0.25, -0.2) is 4.79 Å². The highest BCUT2D eigenvalue weighted by Gasteiger charge is 2.15. The van der Waals surface area contributed by atoms with E-state index in [0.717, 1.165) is 5.56 Å². The van der Waals surface area contributed by atoms with E-state index in [4.69, 9.17) is 26.2 Å². The van der Waals surface area contributed by atoms with Crippen LogP contribution in [0.25, 0.3) is 6.08 Å². The molecule has 0 saturated heterocycles. The van der Waals surface area contributed by atoms with E-state index in [1.165, 1.54) is 13.2 Å². The standard InChI is InChI=1S/C20H16ClIN2O5/c1-11-3-4-14(21)8-16(11)24-20(27)13(9-23)5-12-6-15(22)19(17(7-12)28-2)29-10-18(25)26/h3-8H,10H2,1-2H3,(H,24,27)(H,25,26)/b13-5+. The number of rotatable bonds is 7. The zero-order valence-corrected chi connectivity index (χ0v) is 18.4. The van der Waals surface area contributed by atoms with Crippen molar-refractivity contribution < 1.29 is 24.2 Å². The number of ether oxygens (including phenoxy) is 2. The minimum Gasteiger partial charge on any atom is -0.493 e. The third-order valence-electron chi connectivity index (χ3n) is 3.72. The topological polar surface area (TPSA) is 109 Å². The lowest BCUT2D eigenvalue weighted by Crippen LogP contribution is -2.14. The maximum Gasteiger partial charge on any atom is 0.341 e. The first-order valence-electron chi connectivity index (χ1n) is 8.16. The number of anilines is 1. The highest BCUT2D eigenvalue weighted by atomic mass is 127. The van der Waals surface area contributed by atoms with E-state index in [1.807, 2.05) is 35.6 Å². The fourth-order valence-electron chi connectivity index (χ4n) is 2.33. The van der Waals surface area contributed by atoms with Crippen molar-refractivity contribution in [2.24, 2.45) is 0 Å². The van der Waals surface area contributed by atoms with Gasteiger partial charge in [-0.1, -0.05) is 17.7 Å². The van der Waals surface area contributed by atoms with Crippen LogP contribution in [0.2, 0.25) is 5.02 Å². The number of nitrogens with one attached hydrogen (secondary N) is 1. The first-order valence-corrected chi connectivity index (χ1v) is 9.62. The highest BCUT2D eigenvalue weighted by Crippen LogP contribution is 2.34. The summed E-state index contributed by atoms with van der Waals surface area (Å²) in [5.74, 6) is -1.15. The van der Waals surface area contributed by atoms with E-state index in [9.17, 15) is 14.9 Å². The van der Waals surface area contributed by atoms with E-state index < -0.39 is 18.5 Å². The van der Waals surface area contributed by atoms with Crippen LogP contribution in [0, 0.1) is 21.8 Å². The summed E-state index contributed by atoms with van der Waals surface area (Å²) in [7, 11) is 1.41. The number of carboxylic acid groups (broad SMARTS) is 1. The van der Waals surface area contributed by atoms with Crippen LogP contribution in [0.15, 0.2) is 35.9 Å². The van der Waals surface area contributed by atoms with Crippen LogP contribution in [-0.2, 0) is 9.59 Å². The Morgan fingerprint density at radius 2 is 2.07 bits per heavy atom. The molecule has 0 fully saturated rings. The van der Waals surface area contributed by atoms with E-state index in [-0.39, 0.29) is 17.1 Å². The molecule has 29 heavy (non-hydrogen) atoms. The second-order valence-electron chi connectivity index (χ2n) is 5.80. The van der Waals surface area contributed by atoms with Gasteiger partial charge < -0.3 is 19.9 Å². The smallest absolute Gasteiger partial charge is 0.341 e. The predicted molar refractivity (Wildman–Crippen MR) is 117 cm³/mol. The normalized spacial score (nSPS) is 10.8. The monoisotopic (exact) mass is 526 g/mol. The van der Waals surface area contributed by atoms with E-state index in [2.05, 4.69) is 5.32 Å². The number of carbonyl (C=O) groups excluding carboxylic acids is 1. The van der Waals surface area contributed by atoms with E-state index >= 15 is 0 Å². The molecule has 0 spiro atoms. The van der Waals surface area contributed by atoms with Crippen molar-refractivity contribution in [3.63, 3.8) is 0 Å². The zero-order chi connectivity index (χ0) is 21.6. The molecule has 1 amide bonds. The van der Waals surface area contributed by atoms with Crippen LogP contribution in [0.1, 0.15) is 11.1 Å². The summed E-state index contributed by atoms with van der Waals surface area (Å²) in [5.41, 5.74) is 1.70. The van der Waals surface area contributed by atoms with Gasteiger partial charge >= 0.3 is 5.97 Å². The maximum atomic E-state index is 12.5. The maximum absolute atomic E-state index is 12.5. The van der Waals surface area contributed by atoms with Crippen LogP contribution in [0.5, 0.6) is 11.5 Å². The third kappa shape index (κ3) is 6.10. The molecule has 0 saturated carbocycles. The summed E-state index contributed by atoms with van der Waals surface area (Å²) in [6.45, 7) is 1.29. The van der Waals surface area contributed by atoms with Gasteiger partial charge in [-0.05, 0) is 71.0 Å². The van der Waals surface area contributed by atoms with Crippen LogP contribution in [0.4, 0.5) is 5.69 Å². The fraction of sp³-hybridized carbons (Fsp3) is 0.150. The first kappa shape index (κ1) is 22.5. The van der Waals surface area contributed by atoms with Crippen molar-refractivity contribution >= 4 is 57.8 Å². The zero-order valence-electron chi connectivity index (χ0n) is 15.5. The summed E-state index contributed by atoms with van der Waals surface area (Å²) >= 11 is 7.92. The Morgan fingerprint density at radius 1 is 1.34 bits per heavy atom. The molecule has 2 rings (SSSR count). The number of halogens is 2. The number of nitriles is 1. The molecule has 0 aliphatic carbocycles. The molecule has 0 bridgehead atoms. The quantitative estimate of drug-likeness (QED) is 0.317. The second-order valence-corrected chi connectivity index (χ2v) is 7.40. The Labute approximate surface area is 186 Å². The first-order chi connectivity index (χ1) is 13.7. The predicted octanol–water partition coefficient (Wildman–Crippen LogP) is 4.27. The van der Waals surface area contributed by atoms with Gasteiger partial charge in [-0.3, -0.25) is 4.79 Å². The van der Waals surface area contributed by atoms with E-state index in [1.54, 1.807) is 30.3 Å². The Balaban J connectivity index is 2.33. The van der Waals surface area contributed by atoms with Crippen molar-refractivity contribution in [2.75, 3.05) is 19.0 Å². The summed E-state index contributed by atoms with van der Waals surface area (Å²) in [5, 5.41) is 21.3. The molecule has 7 nitrogen and oxygen atoms in total. The minimum atomic E-state index is -1.12. The lowest BCUT2D eigenvalue weighted by Gasteiger charge is -2.12. The molecule has 0 aliphatic rings. The van der Waals surface area contributed by atoms with Crippen molar-refractivity contribution in [3.8, 4) is 17.6 Å². The Morgan fingerprint density at radius 3 is 2.69 bits per heavy atom. The fourth-order valence-corrected chi connectivity index (χ4v) is 3.28. The number of amides is 1. The van der Waals surface area contributed by atoms with Gasteiger partial charge in [0.25, 0.3) is 5.91 Å². The van der Waals surface area contributed by atoms with Gasteiger partial charge in [-0.2, -0.15) is 5.26 Å². The number of benzene rings is 2. The summed E-state index contributed by atoms with van der Waals surface area (Å²) in [6.07, 6.45) is 1.40. The van der Waals surface area contributed by atoms with Crippen molar-refractivity contribution in [3.05, 3.63) is 55.6 Å². The molecular formula is C20H16ClIN2O5. The van der Waals surface area contributed by atoms with Gasteiger partial charge in [0.1, 0.15) is 11.6 Å². The largest absolute Gasteiger partial charge is 0.493 e. The molecule has 0 aromatic heterocycles. The van der Waals surface area contributed by atoms with Gasteiger partial charge in [0.15, 0.2) is 18.1 Å². The molecule has 0 radical (unpaired) electrons. The van der Waals surface area contributed by atoms with Crippen LogP contribution in [-0.4, -0.2) is 30.7 Å². The molecular weight excluding hydrogens is 511 g/mol. The number of carbonyl (C=O) groups is 2. The molecule has 0 unspecified atom stereocenters. The van der Waals surface area contributed by atoms with Gasteiger partial charge in [-0.15, -0.1) is 0 Å². The van der Waals surface area contributed by atoms with Gasteiger partial charge in [0.05, 0.1) is 10.7 Å². The van der Waals surface area contributed by atoms with Gasteiger partial charge in [0, 0.05) is 10.7 Å². The molecule has 2 aromatic carbocycles. The third-order valence-corrected chi connectivity index (χ3v) is 4.75. The Kier molecular flexibility index (Phi) is 7.87. The second kappa shape index (κ2) is 10.1. The van der Waals surface area contributed by atoms with Gasteiger partial charge in [0.2, 0.25) is 0 Å². The molecule has 2 N–H and O–H groups in total. The number of hydrogen-bond acceptors (Lipinski definition) is 5. The number of carboxylic acids is 1. The molecule has 2 aromatic rings. The summed E-state index contributed by atoms with van der Waals surface area (Å²) in [4.78, 5) is 23.3. The number of hydrogen-bond donors (Lipinski definition) is 2. The van der Waals surface area contributed by atoms with Crippen molar-refractivity contribution in [1.82, 2.24) is 0 Å². The number of methoxy groups -OCH3 is 1. The SMILES string of the molecule is COc1cc(/C=C(\C#N)C(=O)Nc2cc(Cl)ccc2C)cc(I)c1OCC(=O)O. The van der Waals surface area contributed by atoms with Crippen molar-refractivity contribution in [1.29, 1.82) is 5.26 Å². The molecule has 0 heterocycles. The van der Waals surface area contributed by atoms with Crippen LogP contribution >= 0.6 is 34.2 Å². The lowest BCUT2D eigenvalue weighted by molar-refractivity contribution is -0.139. The Bertz CT molecular complexity index is 1030. The number of nitrogens with zero attached hydrogens (tertiary/aromatic N) is 1. The van der Waals surface area contributed by atoms with Crippen molar-refractivity contribution in [2.45, 2.75) is 6.92 Å². The number of aliphatic carboxylic acids is 1. The minimum absolute atomic E-state index is 0.124. The summed E-state index contributed by atoms with van der Waals surface area (Å²) < 4.78 is 11.1. The lowest BCUT2D eigenvalue weighted by atomic mass is 10.1. The molecule has 0 aliphatic heterocycles.